The van der Waals surface area contributed by atoms with Gasteiger partial charge in [0.1, 0.15) is 11.1 Å². The van der Waals surface area contributed by atoms with Crippen molar-refractivity contribution in [1.29, 1.82) is 0 Å². The number of nitrogens with zero attached hydrogens (tertiary/aromatic N) is 6. The first-order valence-corrected chi connectivity index (χ1v) is 15.0. The van der Waals surface area contributed by atoms with Crippen molar-refractivity contribution in [3.63, 3.8) is 0 Å². The number of nitrogens with one attached hydrogen (secondary N) is 1. The summed E-state index contributed by atoms with van der Waals surface area (Å²) in [6.07, 6.45) is 12.0. The number of fused-ring (bicyclic) bond motifs is 2. The molecule has 9 nitrogen and oxygen atoms in total. The van der Waals surface area contributed by atoms with E-state index in [0.29, 0.717) is 36.2 Å². The van der Waals surface area contributed by atoms with Crippen molar-refractivity contribution in [2.45, 2.75) is 52.1 Å². The third-order valence-corrected chi connectivity index (χ3v) is 7.95. The van der Waals surface area contributed by atoms with Gasteiger partial charge in [-0.1, -0.05) is 32.1 Å². The average molecular weight is 566 g/mol. The quantitative estimate of drug-likeness (QED) is 0.200. The van der Waals surface area contributed by atoms with Crippen LogP contribution in [-0.2, 0) is 6.54 Å². The van der Waals surface area contributed by atoms with E-state index in [0.717, 1.165) is 55.9 Å². The number of likely N-dealkylation sites (tertiary alicyclic amines) is 1. The standard InChI is InChI=1S/C33H39N7O2/c1-4-6-7-16-39-32(41)29-23-34-33(36-31(29)40(39)27-9-8-10-28(22-27)42-20-5-2)35-25-11-12-30-24(21-25)13-19-38(30)26-14-17-37(3)18-15-26/h6-13,19,21-23,26H,4-5,14-18,20H2,1-3H3,(H,34,35,36)/b7-6-. The summed E-state index contributed by atoms with van der Waals surface area (Å²) in [4.78, 5) is 25.3. The van der Waals surface area contributed by atoms with Crippen molar-refractivity contribution >= 4 is 33.6 Å². The first-order chi connectivity index (χ1) is 20.6. The van der Waals surface area contributed by atoms with Gasteiger partial charge in [-0.05, 0) is 82.2 Å². The topological polar surface area (TPSA) is 82.1 Å². The zero-order valence-corrected chi connectivity index (χ0v) is 24.7. The summed E-state index contributed by atoms with van der Waals surface area (Å²) in [6, 6.07) is 16.9. The smallest absolute Gasteiger partial charge is 0.278 e. The molecule has 5 aromatic rings. The maximum Gasteiger partial charge on any atom is 0.278 e. The molecule has 0 spiro atoms. The lowest BCUT2D eigenvalue weighted by Crippen LogP contribution is -2.31. The van der Waals surface area contributed by atoms with Crippen LogP contribution in [0.3, 0.4) is 0 Å². The first kappa shape index (κ1) is 27.8. The van der Waals surface area contributed by atoms with E-state index >= 15 is 0 Å². The van der Waals surface area contributed by atoms with Crippen molar-refractivity contribution in [2.75, 3.05) is 32.1 Å². The van der Waals surface area contributed by atoms with Crippen LogP contribution in [0.15, 0.2) is 77.9 Å². The Morgan fingerprint density at radius 1 is 1.07 bits per heavy atom. The minimum Gasteiger partial charge on any atom is -0.494 e. The van der Waals surface area contributed by atoms with E-state index in [1.807, 2.05) is 35.0 Å². The highest BCUT2D eigenvalue weighted by molar-refractivity contribution is 5.85. The Morgan fingerprint density at radius 2 is 1.93 bits per heavy atom. The number of aromatic nitrogens is 5. The molecule has 42 heavy (non-hydrogen) atoms. The molecule has 1 N–H and O–H groups in total. The van der Waals surface area contributed by atoms with Crippen LogP contribution in [-0.4, -0.2) is 55.5 Å². The number of ether oxygens (including phenoxy) is 1. The first-order valence-electron chi connectivity index (χ1n) is 15.0. The lowest BCUT2D eigenvalue weighted by Gasteiger charge is -2.30. The van der Waals surface area contributed by atoms with Gasteiger partial charge in [-0.2, -0.15) is 4.98 Å². The molecule has 1 aliphatic rings. The molecule has 0 unspecified atom stereocenters. The largest absolute Gasteiger partial charge is 0.494 e. The van der Waals surface area contributed by atoms with Gasteiger partial charge in [0.15, 0.2) is 5.65 Å². The molecule has 0 bridgehead atoms. The molecule has 6 rings (SSSR count). The zero-order chi connectivity index (χ0) is 29.1. The molecule has 0 atom stereocenters. The fraction of sp³-hybridized carbons (Fsp3) is 0.364. The Morgan fingerprint density at radius 3 is 2.74 bits per heavy atom. The highest BCUT2D eigenvalue weighted by Crippen LogP contribution is 2.30. The van der Waals surface area contributed by atoms with Crippen LogP contribution in [0.4, 0.5) is 11.6 Å². The van der Waals surface area contributed by atoms with Crippen LogP contribution in [0, 0.1) is 0 Å². The molecule has 4 heterocycles. The van der Waals surface area contributed by atoms with Crippen LogP contribution >= 0.6 is 0 Å². The number of rotatable bonds is 10. The van der Waals surface area contributed by atoms with E-state index < -0.39 is 0 Å². The molecule has 1 aliphatic heterocycles. The van der Waals surface area contributed by atoms with Gasteiger partial charge in [-0.3, -0.25) is 4.79 Å². The van der Waals surface area contributed by atoms with Crippen LogP contribution in [0.25, 0.3) is 27.6 Å². The van der Waals surface area contributed by atoms with Gasteiger partial charge >= 0.3 is 0 Å². The van der Waals surface area contributed by atoms with E-state index in [9.17, 15) is 4.79 Å². The molecule has 0 saturated carbocycles. The molecule has 9 heteroatoms. The lowest BCUT2D eigenvalue weighted by atomic mass is 10.1. The minimum absolute atomic E-state index is 0.131. The summed E-state index contributed by atoms with van der Waals surface area (Å²) >= 11 is 0. The Bertz CT molecular complexity index is 1770. The molecule has 0 amide bonds. The number of anilines is 2. The van der Waals surface area contributed by atoms with Crippen LogP contribution in [0.5, 0.6) is 5.75 Å². The van der Waals surface area contributed by atoms with Gasteiger partial charge in [0, 0.05) is 41.1 Å². The number of benzene rings is 2. The predicted octanol–water partition coefficient (Wildman–Crippen LogP) is 6.30. The molecule has 218 valence electrons. The zero-order valence-electron chi connectivity index (χ0n) is 24.7. The second-order valence-electron chi connectivity index (χ2n) is 11.0. The number of hydrogen-bond donors (Lipinski definition) is 1. The molecule has 0 aliphatic carbocycles. The van der Waals surface area contributed by atoms with Gasteiger partial charge < -0.3 is 19.5 Å². The number of allylic oxidation sites excluding steroid dienone is 2. The maximum absolute atomic E-state index is 13.5. The fourth-order valence-electron chi connectivity index (χ4n) is 5.74. The number of hydrogen-bond acceptors (Lipinski definition) is 6. The van der Waals surface area contributed by atoms with E-state index in [4.69, 9.17) is 9.72 Å². The summed E-state index contributed by atoms with van der Waals surface area (Å²) in [6.45, 7) is 7.47. The molecular formula is C33H39N7O2. The van der Waals surface area contributed by atoms with Crippen LogP contribution in [0.2, 0.25) is 0 Å². The second-order valence-corrected chi connectivity index (χ2v) is 11.0. The van der Waals surface area contributed by atoms with Crippen molar-refractivity contribution in [1.82, 2.24) is 28.8 Å². The molecule has 1 saturated heterocycles. The van der Waals surface area contributed by atoms with Crippen molar-refractivity contribution in [3.05, 3.63) is 83.4 Å². The fourth-order valence-corrected chi connectivity index (χ4v) is 5.74. The Hall–Kier alpha value is -4.37. The number of piperidine rings is 1. The normalized spacial score (nSPS) is 14.8. The SMILES string of the molecule is CC/C=C\Cn1c(=O)c2cnc(Nc3ccc4c(ccn4C4CCN(C)CC4)c3)nc2n1-c1cccc(OCCC)c1. The molecule has 1 fully saturated rings. The third kappa shape index (κ3) is 5.56. The predicted molar refractivity (Wildman–Crippen MR) is 169 cm³/mol. The minimum atomic E-state index is -0.131. The summed E-state index contributed by atoms with van der Waals surface area (Å²) in [5, 5.41) is 5.02. The van der Waals surface area contributed by atoms with E-state index in [-0.39, 0.29) is 5.56 Å². The molecule has 3 aromatic heterocycles. The summed E-state index contributed by atoms with van der Waals surface area (Å²) in [5.74, 6) is 1.19. The molecule has 0 radical (unpaired) electrons. The Balaban J connectivity index is 1.35. The van der Waals surface area contributed by atoms with E-state index in [2.05, 4.69) is 77.2 Å². The third-order valence-electron chi connectivity index (χ3n) is 7.95. The van der Waals surface area contributed by atoms with Crippen LogP contribution in [0.1, 0.15) is 45.6 Å². The maximum atomic E-state index is 13.5. The van der Waals surface area contributed by atoms with Gasteiger partial charge in [-0.15, -0.1) is 0 Å². The Labute approximate surface area is 246 Å². The summed E-state index contributed by atoms with van der Waals surface area (Å²) in [7, 11) is 2.19. The second kappa shape index (κ2) is 12.2. The van der Waals surface area contributed by atoms with Crippen molar-refractivity contribution < 1.29 is 4.74 Å². The van der Waals surface area contributed by atoms with Gasteiger partial charge in [0.2, 0.25) is 5.95 Å². The van der Waals surface area contributed by atoms with E-state index in [1.54, 1.807) is 10.9 Å². The highest BCUT2D eigenvalue weighted by atomic mass is 16.5. The van der Waals surface area contributed by atoms with Gasteiger partial charge in [0.25, 0.3) is 5.56 Å². The molecular weight excluding hydrogens is 526 g/mol. The lowest BCUT2D eigenvalue weighted by molar-refractivity contribution is 0.224. The van der Waals surface area contributed by atoms with Gasteiger partial charge in [0.05, 0.1) is 18.8 Å². The van der Waals surface area contributed by atoms with Crippen molar-refractivity contribution in [3.8, 4) is 11.4 Å². The average Bonchev–Trinajstić information content (AvgIpc) is 3.55. The summed E-state index contributed by atoms with van der Waals surface area (Å²) in [5.41, 5.74) is 3.36. The molecule has 2 aromatic carbocycles. The van der Waals surface area contributed by atoms with Crippen LogP contribution < -0.4 is 15.6 Å². The van der Waals surface area contributed by atoms with Gasteiger partial charge in [-0.25, -0.2) is 14.3 Å². The summed E-state index contributed by atoms with van der Waals surface area (Å²) < 4.78 is 11.9. The highest BCUT2D eigenvalue weighted by Gasteiger charge is 2.20. The monoisotopic (exact) mass is 565 g/mol. The Kier molecular flexibility index (Phi) is 8.10. The van der Waals surface area contributed by atoms with Crippen molar-refractivity contribution in [2.24, 2.45) is 0 Å². The van der Waals surface area contributed by atoms with E-state index in [1.165, 1.54) is 10.9 Å².